The molecule has 106 valence electrons. The number of halogens is 2. The van der Waals surface area contributed by atoms with Crippen molar-refractivity contribution in [1.29, 1.82) is 0 Å². The van der Waals surface area contributed by atoms with E-state index in [-0.39, 0.29) is 6.04 Å². The predicted molar refractivity (Wildman–Crippen MR) is 87.8 cm³/mol. The molecule has 0 heterocycles. The predicted octanol–water partition coefficient (Wildman–Crippen LogP) is 4.73. The Morgan fingerprint density at radius 2 is 1.85 bits per heavy atom. The van der Waals surface area contributed by atoms with Crippen molar-refractivity contribution >= 4 is 27.5 Å². The second-order valence-electron chi connectivity index (χ2n) is 4.61. The SMILES string of the molecule is CNC(c1ccc(Cl)cc1C)c1ccc(OC)cc1Br. The third-order valence-corrected chi connectivity index (χ3v) is 4.27. The van der Waals surface area contributed by atoms with Gasteiger partial charge in [-0.15, -0.1) is 0 Å². The fourth-order valence-electron chi connectivity index (χ4n) is 2.31. The molecule has 0 fully saturated rings. The summed E-state index contributed by atoms with van der Waals surface area (Å²) in [4.78, 5) is 0. The molecule has 0 aliphatic heterocycles. The van der Waals surface area contributed by atoms with Gasteiger partial charge in [0.15, 0.2) is 0 Å². The average molecular weight is 355 g/mol. The van der Waals surface area contributed by atoms with Crippen molar-refractivity contribution < 1.29 is 4.74 Å². The summed E-state index contributed by atoms with van der Waals surface area (Å²) < 4.78 is 6.26. The highest BCUT2D eigenvalue weighted by Crippen LogP contribution is 2.33. The lowest BCUT2D eigenvalue weighted by molar-refractivity contribution is 0.414. The minimum Gasteiger partial charge on any atom is -0.497 e. The molecule has 0 aliphatic carbocycles. The molecule has 0 spiro atoms. The Bertz CT molecular complexity index is 615. The summed E-state index contributed by atoms with van der Waals surface area (Å²) in [5.74, 6) is 0.836. The summed E-state index contributed by atoms with van der Waals surface area (Å²) in [6.07, 6.45) is 0. The number of ether oxygens (including phenoxy) is 1. The van der Waals surface area contributed by atoms with Crippen LogP contribution in [-0.4, -0.2) is 14.2 Å². The first-order valence-corrected chi connectivity index (χ1v) is 7.50. The van der Waals surface area contributed by atoms with Gasteiger partial charge in [-0.3, -0.25) is 0 Å². The number of aryl methyl sites for hydroxylation is 1. The van der Waals surface area contributed by atoms with E-state index >= 15 is 0 Å². The van der Waals surface area contributed by atoms with Crippen LogP contribution in [-0.2, 0) is 0 Å². The van der Waals surface area contributed by atoms with Crippen LogP contribution in [0.25, 0.3) is 0 Å². The quantitative estimate of drug-likeness (QED) is 0.857. The Kier molecular flexibility index (Phi) is 5.08. The normalized spacial score (nSPS) is 12.2. The van der Waals surface area contributed by atoms with Gasteiger partial charge in [-0.05, 0) is 54.9 Å². The molecule has 0 aliphatic rings. The van der Waals surface area contributed by atoms with E-state index in [4.69, 9.17) is 16.3 Å². The molecule has 2 aromatic carbocycles. The monoisotopic (exact) mass is 353 g/mol. The molecular weight excluding hydrogens is 338 g/mol. The second kappa shape index (κ2) is 6.61. The summed E-state index contributed by atoms with van der Waals surface area (Å²) in [5, 5.41) is 4.12. The van der Waals surface area contributed by atoms with Gasteiger partial charge in [0.05, 0.1) is 13.2 Å². The molecule has 0 amide bonds. The molecule has 0 aromatic heterocycles. The first-order valence-electron chi connectivity index (χ1n) is 6.33. The van der Waals surface area contributed by atoms with Crippen molar-refractivity contribution in [3.8, 4) is 5.75 Å². The lowest BCUT2D eigenvalue weighted by atomic mass is 9.95. The zero-order chi connectivity index (χ0) is 14.7. The van der Waals surface area contributed by atoms with E-state index < -0.39 is 0 Å². The van der Waals surface area contributed by atoms with Crippen LogP contribution in [0.2, 0.25) is 5.02 Å². The van der Waals surface area contributed by atoms with Crippen LogP contribution >= 0.6 is 27.5 Å². The van der Waals surface area contributed by atoms with Gasteiger partial charge < -0.3 is 10.1 Å². The standard InChI is InChI=1S/C16H17BrClNO/c1-10-8-11(18)4-6-13(10)16(19-2)14-7-5-12(20-3)9-15(14)17/h4-9,16,19H,1-3H3. The third-order valence-electron chi connectivity index (χ3n) is 3.35. The molecule has 1 N–H and O–H groups in total. The lowest BCUT2D eigenvalue weighted by Gasteiger charge is -2.21. The van der Waals surface area contributed by atoms with Crippen molar-refractivity contribution in [3.05, 3.63) is 62.6 Å². The molecule has 0 bridgehead atoms. The first kappa shape index (κ1) is 15.4. The van der Waals surface area contributed by atoms with Crippen molar-refractivity contribution in [2.75, 3.05) is 14.2 Å². The van der Waals surface area contributed by atoms with Crippen molar-refractivity contribution in [2.24, 2.45) is 0 Å². The minimum atomic E-state index is 0.104. The number of methoxy groups -OCH3 is 1. The number of hydrogen-bond acceptors (Lipinski definition) is 2. The van der Waals surface area contributed by atoms with Crippen LogP contribution in [0.4, 0.5) is 0 Å². The van der Waals surface area contributed by atoms with E-state index in [0.29, 0.717) is 0 Å². The van der Waals surface area contributed by atoms with Gasteiger partial charge in [0.1, 0.15) is 5.75 Å². The van der Waals surface area contributed by atoms with Gasteiger partial charge in [-0.25, -0.2) is 0 Å². The van der Waals surface area contributed by atoms with E-state index in [0.717, 1.165) is 15.2 Å². The molecule has 2 nitrogen and oxygen atoms in total. The molecular formula is C16H17BrClNO. The maximum absolute atomic E-state index is 6.04. The molecule has 1 atom stereocenters. The van der Waals surface area contributed by atoms with E-state index in [1.165, 1.54) is 16.7 Å². The topological polar surface area (TPSA) is 21.3 Å². The number of benzene rings is 2. The first-order chi connectivity index (χ1) is 9.56. The van der Waals surface area contributed by atoms with Crippen molar-refractivity contribution in [1.82, 2.24) is 5.32 Å². The van der Waals surface area contributed by atoms with Gasteiger partial charge in [0.25, 0.3) is 0 Å². The zero-order valence-electron chi connectivity index (χ0n) is 11.7. The van der Waals surface area contributed by atoms with Gasteiger partial charge in [0.2, 0.25) is 0 Å². The number of rotatable bonds is 4. The van der Waals surface area contributed by atoms with Crippen LogP contribution in [0.15, 0.2) is 40.9 Å². The Morgan fingerprint density at radius 3 is 2.40 bits per heavy atom. The third kappa shape index (κ3) is 3.17. The largest absolute Gasteiger partial charge is 0.497 e. The Hall–Kier alpha value is -1.03. The maximum atomic E-state index is 6.04. The van der Waals surface area contributed by atoms with Crippen LogP contribution in [0.1, 0.15) is 22.7 Å². The molecule has 1 unspecified atom stereocenters. The smallest absolute Gasteiger partial charge is 0.120 e. The fraction of sp³-hybridized carbons (Fsp3) is 0.250. The molecule has 20 heavy (non-hydrogen) atoms. The number of hydrogen-bond donors (Lipinski definition) is 1. The zero-order valence-corrected chi connectivity index (χ0v) is 14.0. The summed E-state index contributed by atoms with van der Waals surface area (Å²) in [7, 11) is 3.62. The molecule has 0 radical (unpaired) electrons. The Balaban J connectivity index is 2.47. The van der Waals surface area contributed by atoms with Crippen molar-refractivity contribution in [2.45, 2.75) is 13.0 Å². The van der Waals surface area contributed by atoms with E-state index in [2.05, 4.69) is 40.3 Å². The molecule has 0 saturated carbocycles. The second-order valence-corrected chi connectivity index (χ2v) is 5.90. The van der Waals surface area contributed by atoms with Crippen LogP contribution < -0.4 is 10.1 Å². The van der Waals surface area contributed by atoms with E-state index in [1.54, 1.807) is 7.11 Å². The fourth-order valence-corrected chi connectivity index (χ4v) is 3.12. The highest BCUT2D eigenvalue weighted by Gasteiger charge is 2.17. The van der Waals surface area contributed by atoms with Crippen LogP contribution in [0.3, 0.4) is 0 Å². The Labute approximate surface area is 133 Å². The molecule has 2 aromatic rings. The highest BCUT2D eigenvalue weighted by atomic mass is 79.9. The van der Waals surface area contributed by atoms with Crippen LogP contribution in [0, 0.1) is 6.92 Å². The van der Waals surface area contributed by atoms with Gasteiger partial charge in [0, 0.05) is 9.50 Å². The Morgan fingerprint density at radius 1 is 1.15 bits per heavy atom. The highest BCUT2D eigenvalue weighted by molar-refractivity contribution is 9.10. The maximum Gasteiger partial charge on any atom is 0.120 e. The molecule has 0 saturated heterocycles. The summed E-state index contributed by atoms with van der Waals surface area (Å²) in [6.45, 7) is 2.07. The van der Waals surface area contributed by atoms with Gasteiger partial charge in [-0.2, -0.15) is 0 Å². The average Bonchev–Trinajstić information content (AvgIpc) is 2.43. The van der Waals surface area contributed by atoms with Gasteiger partial charge >= 0.3 is 0 Å². The molecule has 2 rings (SSSR count). The van der Waals surface area contributed by atoms with Gasteiger partial charge in [-0.1, -0.05) is 39.7 Å². The van der Waals surface area contributed by atoms with Crippen LogP contribution in [0.5, 0.6) is 5.75 Å². The molecule has 4 heteroatoms. The summed E-state index contributed by atoms with van der Waals surface area (Å²) in [5.41, 5.74) is 3.54. The minimum absolute atomic E-state index is 0.104. The van der Waals surface area contributed by atoms with E-state index in [1.807, 2.05) is 31.3 Å². The summed E-state index contributed by atoms with van der Waals surface area (Å²) >= 11 is 9.66. The summed E-state index contributed by atoms with van der Waals surface area (Å²) in [6, 6.07) is 12.1. The van der Waals surface area contributed by atoms with E-state index in [9.17, 15) is 0 Å². The lowest BCUT2D eigenvalue weighted by Crippen LogP contribution is -2.19. The van der Waals surface area contributed by atoms with Crippen molar-refractivity contribution in [3.63, 3.8) is 0 Å². The number of nitrogens with one attached hydrogen (secondary N) is 1.